The third-order valence-electron chi connectivity index (χ3n) is 1.47. The number of aliphatic hydroxyl groups excluding tert-OH is 1. The summed E-state index contributed by atoms with van der Waals surface area (Å²) in [6.07, 6.45) is -0.791. The van der Waals surface area contributed by atoms with Gasteiger partial charge in [0.1, 0.15) is 17.5 Å². The van der Waals surface area contributed by atoms with Crippen molar-refractivity contribution in [2.45, 2.75) is 26.0 Å². The number of nitrogens with zero attached hydrogens (tertiary/aromatic N) is 2. The summed E-state index contributed by atoms with van der Waals surface area (Å²) in [6.45, 7) is 3.40. The van der Waals surface area contributed by atoms with Gasteiger partial charge in [-0.2, -0.15) is 0 Å². The lowest BCUT2D eigenvalue weighted by atomic mass is 10.1. The van der Waals surface area contributed by atoms with E-state index in [1.807, 2.05) is 0 Å². The van der Waals surface area contributed by atoms with Crippen molar-refractivity contribution >= 4 is 0 Å². The Balaban J connectivity index is 2.84. The normalized spacial score (nSPS) is 16.4. The Hall–Kier alpha value is -0.940. The predicted octanol–water partition coefficient (Wildman–Crippen LogP) is -0.241. The molecule has 0 radical (unpaired) electrons. The van der Waals surface area contributed by atoms with Gasteiger partial charge < -0.3 is 10.8 Å². The van der Waals surface area contributed by atoms with Crippen LogP contribution in [-0.4, -0.2) is 21.5 Å². The van der Waals surface area contributed by atoms with E-state index in [-0.39, 0.29) is 6.04 Å². The van der Waals surface area contributed by atoms with Crippen LogP contribution >= 0.6 is 0 Å². The molecule has 3 N–H and O–H groups in total. The van der Waals surface area contributed by atoms with Crippen molar-refractivity contribution < 1.29 is 9.74 Å². The number of nitrogens with two attached hydrogens (primary N) is 1. The molecular weight excluding hydrogens is 146 g/mol. The van der Waals surface area contributed by atoms with Gasteiger partial charge in [0, 0.05) is 6.04 Å². The summed E-state index contributed by atoms with van der Waals surface area (Å²) < 4.78 is 4.40. The molecule has 0 fully saturated rings. The maximum Gasteiger partial charge on any atom is 0.138 e. The zero-order valence-corrected chi connectivity index (χ0v) is 6.48. The van der Waals surface area contributed by atoms with Crippen LogP contribution < -0.4 is 5.73 Å². The molecule has 11 heavy (non-hydrogen) atoms. The highest BCUT2D eigenvalue weighted by molar-refractivity contribution is 5.09. The second kappa shape index (κ2) is 2.98. The lowest BCUT2D eigenvalue weighted by molar-refractivity contribution is 0.142. The number of aliphatic hydroxyl groups is 1. The van der Waals surface area contributed by atoms with Crippen LogP contribution in [0, 0.1) is 6.92 Å². The van der Waals surface area contributed by atoms with Crippen LogP contribution in [0.3, 0.4) is 0 Å². The van der Waals surface area contributed by atoms with Crippen molar-refractivity contribution in [3.63, 3.8) is 0 Å². The van der Waals surface area contributed by atoms with Gasteiger partial charge in [-0.25, -0.2) is 4.63 Å². The van der Waals surface area contributed by atoms with Gasteiger partial charge in [-0.3, -0.25) is 0 Å². The Morgan fingerprint density at radius 2 is 2.18 bits per heavy atom. The molecule has 0 spiro atoms. The molecule has 0 aliphatic rings. The van der Waals surface area contributed by atoms with Gasteiger partial charge in [-0.1, -0.05) is 10.3 Å². The number of rotatable bonds is 2. The fraction of sp³-hybridized carbons (Fsp3) is 0.667. The molecule has 62 valence electrons. The fourth-order valence-electron chi connectivity index (χ4n) is 0.755. The maximum absolute atomic E-state index is 9.38. The van der Waals surface area contributed by atoms with Crippen LogP contribution in [0.2, 0.25) is 0 Å². The highest BCUT2D eigenvalue weighted by Crippen LogP contribution is 2.14. The third-order valence-corrected chi connectivity index (χ3v) is 1.47. The summed E-state index contributed by atoms with van der Waals surface area (Å²) in [7, 11) is 0. The van der Waals surface area contributed by atoms with E-state index < -0.39 is 6.10 Å². The van der Waals surface area contributed by atoms with Crippen LogP contribution in [0.25, 0.3) is 0 Å². The number of aromatic nitrogens is 2. The summed E-state index contributed by atoms with van der Waals surface area (Å²) >= 11 is 0. The predicted molar refractivity (Wildman–Crippen MR) is 37.6 cm³/mol. The molecule has 1 heterocycles. The number of hydrogen-bond acceptors (Lipinski definition) is 5. The lowest BCUT2D eigenvalue weighted by Gasteiger charge is -2.10. The Morgan fingerprint density at radius 1 is 1.55 bits per heavy atom. The van der Waals surface area contributed by atoms with Crippen LogP contribution in [0.15, 0.2) is 4.63 Å². The van der Waals surface area contributed by atoms with Crippen molar-refractivity contribution in [2.75, 3.05) is 0 Å². The van der Waals surface area contributed by atoms with Gasteiger partial charge in [0.25, 0.3) is 0 Å². The highest BCUT2D eigenvalue weighted by Gasteiger charge is 2.19. The Kier molecular flexibility index (Phi) is 2.21. The van der Waals surface area contributed by atoms with Gasteiger partial charge in [0.2, 0.25) is 0 Å². The first-order valence-corrected chi connectivity index (χ1v) is 3.35. The van der Waals surface area contributed by atoms with Crippen LogP contribution in [-0.2, 0) is 0 Å². The minimum absolute atomic E-state index is 0.361. The summed E-state index contributed by atoms with van der Waals surface area (Å²) in [5, 5.41) is 16.4. The lowest BCUT2D eigenvalue weighted by Crippen LogP contribution is -2.25. The summed E-state index contributed by atoms with van der Waals surface area (Å²) in [5.41, 5.74) is 6.43. The molecule has 0 aliphatic carbocycles. The second-order valence-electron chi connectivity index (χ2n) is 2.54. The van der Waals surface area contributed by atoms with Crippen LogP contribution in [0.4, 0.5) is 0 Å². The van der Waals surface area contributed by atoms with Crippen LogP contribution in [0.1, 0.15) is 24.4 Å². The van der Waals surface area contributed by atoms with E-state index in [1.54, 1.807) is 13.8 Å². The van der Waals surface area contributed by atoms with E-state index in [4.69, 9.17) is 5.73 Å². The minimum Gasteiger partial charge on any atom is -0.385 e. The third kappa shape index (κ3) is 1.55. The molecule has 0 amide bonds. The maximum atomic E-state index is 9.38. The number of aryl methyl sites for hydroxylation is 1. The molecule has 2 unspecified atom stereocenters. The Labute approximate surface area is 64.2 Å². The molecule has 2 atom stereocenters. The fourth-order valence-corrected chi connectivity index (χ4v) is 0.755. The van der Waals surface area contributed by atoms with E-state index in [0.717, 1.165) is 0 Å². The molecule has 0 saturated carbocycles. The van der Waals surface area contributed by atoms with Gasteiger partial charge in [0.15, 0.2) is 0 Å². The zero-order chi connectivity index (χ0) is 8.43. The SMILES string of the molecule is Cc1nonc1C(O)C(C)N. The molecule has 1 rings (SSSR count). The average molecular weight is 157 g/mol. The summed E-state index contributed by atoms with van der Waals surface area (Å²) in [5.74, 6) is 0. The summed E-state index contributed by atoms with van der Waals surface area (Å²) in [6, 6.07) is -0.361. The van der Waals surface area contributed by atoms with Crippen molar-refractivity contribution in [2.24, 2.45) is 5.73 Å². The van der Waals surface area contributed by atoms with E-state index in [1.165, 1.54) is 0 Å². The van der Waals surface area contributed by atoms with Crippen molar-refractivity contribution in [3.8, 4) is 0 Å². The Morgan fingerprint density at radius 3 is 2.55 bits per heavy atom. The van der Waals surface area contributed by atoms with Crippen molar-refractivity contribution in [3.05, 3.63) is 11.4 Å². The van der Waals surface area contributed by atoms with Gasteiger partial charge >= 0.3 is 0 Å². The zero-order valence-electron chi connectivity index (χ0n) is 6.48. The Bertz CT molecular complexity index is 233. The topological polar surface area (TPSA) is 85.2 Å². The van der Waals surface area contributed by atoms with Gasteiger partial charge in [0.05, 0.1) is 0 Å². The van der Waals surface area contributed by atoms with E-state index >= 15 is 0 Å². The smallest absolute Gasteiger partial charge is 0.138 e. The second-order valence-corrected chi connectivity index (χ2v) is 2.54. The molecule has 5 nitrogen and oxygen atoms in total. The van der Waals surface area contributed by atoms with Crippen molar-refractivity contribution in [1.29, 1.82) is 0 Å². The quantitative estimate of drug-likeness (QED) is 0.618. The molecular formula is C6H11N3O2. The van der Waals surface area contributed by atoms with Crippen molar-refractivity contribution in [1.82, 2.24) is 10.3 Å². The highest BCUT2D eigenvalue weighted by atomic mass is 16.6. The monoisotopic (exact) mass is 157 g/mol. The first kappa shape index (κ1) is 8.16. The summed E-state index contributed by atoms with van der Waals surface area (Å²) in [4.78, 5) is 0. The standard InChI is InChI=1S/C6H11N3O2/c1-3(7)6(10)5-4(2)8-11-9-5/h3,6,10H,7H2,1-2H3. The van der Waals surface area contributed by atoms with Gasteiger partial charge in [-0.15, -0.1) is 0 Å². The number of hydrogen-bond donors (Lipinski definition) is 2. The van der Waals surface area contributed by atoms with Gasteiger partial charge in [-0.05, 0) is 13.8 Å². The molecule has 0 bridgehead atoms. The van der Waals surface area contributed by atoms with E-state index in [0.29, 0.717) is 11.4 Å². The molecule has 0 aliphatic heterocycles. The van der Waals surface area contributed by atoms with E-state index in [2.05, 4.69) is 14.9 Å². The van der Waals surface area contributed by atoms with Crippen LogP contribution in [0.5, 0.6) is 0 Å². The molecule has 1 aromatic rings. The average Bonchev–Trinajstić information content (AvgIpc) is 2.33. The molecule has 0 aromatic carbocycles. The first-order chi connectivity index (χ1) is 5.13. The molecule has 0 saturated heterocycles. The molecule has 1 aromatic heterocycles. The largest absolute Gasteiger partial charge is 0.385 e. The molecule has 5 heteroatoms. The first-order valence-electron chi connectivity index (χ1n) is 3.35. The van der Waals surface area contributed by atoms with E-state index in [9.17, 15) is 5.11 Å². The minimum atomic E-state index is -0.791.